The monoisotopic (exact) mass is 369 g/mol. The lowest BCUT2D eigenvalue weighted by Gasteiger charge is -2.28. The first kappa shape index (κ1) is 19.2. The van der Waals surface area contributed by atoms with Gasteiger partial charge in [-0.05, 0) is 20.3 Å². The molecule has 1 aliphatic rings. The average Bonchev–Trinajstić information content (AvgIpc) is 3.21. The lowest BCUT2D eigenvalue weighted by molar-refractivity contribution is -0.135. The molecule has 9 heteroatoms. The number of likely N-dealkylation sites (N-methyl/N-ethyl adjacent to an activating group) is 1. The van der Waals surface area contributed by atoms with Gasteiger partial charge in [0.1, 0.15) is 11.7 Å². The van der Waals surface area contributed by atoms with E-state index in [2.05, 4.69) is 15.5 Å². The van der Waals surface area contributed by atoms with Crippen molar-refractivity contribution in [2.24, 2.45) is 0 Å². The van der Waals surface area contributed by atoms with Crippen LogP contribution in [0, 0.1) is 0 Å². The highest BCUT2D eigenvalue weighted by atomic mass is 35.5. The molecule has 0 radical (unpaired) electrons. The van der Waals surface area contributed by atoms with Crippen LogP contribution in [-0.2, 0) is 9.59 Å². The van der Waals surface area contributed by atoms with Crippen molar-refractivity contribution in [2.75, 3.05) is 19.6 Å². The second kappa shape index (κ2) is 8.33. The van der Waals surface area contributed by atoms with Gasteiger partial charge in [0.05, 0.1) is 11.2 Å². The van der Waals surface area contributed by atoms with Crippen LogP contribution in [0.1, 0.15) is 44.1 Å². The van der Waals surface area contributed by atoms with E-state index in [-0.39, 0.29) is 41.0 Å². The van der Waals surface area contributed by atoms with Crippen LogP contribution < -0.4 is 5.32 Å². The van der Waals surface area contributed by atoms with Crippen molar-refractivity contribution < 1.29 is 14.4 Å². The number of likely N-dealkylation sites (tertiary alicyclic amines) is 1. The molecule has 138 valence electrons. The molecule has 1 saturated heterocycles. The molecule has 8 nitrogen and oxygen atoms in total. The Kier molecular flexibility index (Phi) is 6.41. The molecule has 0 saturated carbocycles. The first-order valence-electron chi connectivity index (χ1n) is 8.50. The molecule has 1 aromatic heterocycles. The predicted octanol–water partition coefficient (Wildman–Crippen LogP) is 1.04. The summed E-state index contributed by atoms with van der Waals surface area (Å²) in [5.74, 6) is -0.614. The Hall–Kier alpha value is -2.09. The number of rotatable bonds is 6. The Labute approximate surface area is 151 Å². The molecule has 1 aliphatic heterocycles. The zero-order chi connectivity index (χ0) is 18.6. The van der Waals surface area contributed by atoms with E-state index in [1.54, 1.807) is 11.8 Å². The van der Waals surface area contributed by atoms with Crippen LogP contribution >= 0.6 is 11.6 Å². The van der Waals surface area contributed by atoms with E-state index in [9.17, 15) is 14.4 Å². The van der Waals surface area contributed by atoms with E-state index in [0.717, 1.165) is 0 Å². The number of hydrogen-bond donors (Lipinski definition) is 2. The van der Waals surface area contributed by atoms with Gasteiger partial charge in [-0.25, -0.2) is 0 Å². The van der Waals surface area contributed by atoms with Crippen molar-refractivity contribution in [3.8, 4) is 0 Å². The largest absolute Gasteiger partial charge is 0.352 e. The molecule has 25 heavy (non-hydrogen) atoms. The molecule has 0 bridgehead atoms. The first-order chi connectivity index (χ1) is 11.9. The Morgan fingerprint density at radius 2 is 2.04 bits per heavy atom. The Morgan fingerprint density at radius 3 is 2.56 bits per heavy atom. The van der Waals surface area contributed by atoms with Gasteiger partial charge in [0.2, 0.25) is 11.8 Å². The van der Waals surface area contributed by atoms with Crippen molar-refractivity contribution in [1.82, 2.24) is 25.3 Å². The normalized spacial score (nSPS) is 19.8. The number of aromatic amines is 1. The fraction of sp³-hybridized carbons (Fsp3) is 0.625. The van der Waals surface area contributed by atoms with Gasteiger partial charge in [0, 0.05) is 32.1 Å². The van der Waals surface area contributed by atoms with Gasteiger partial charge >= 0.3 is 0 Å². The lowest BCUT2D eigenvalue weighted by atomic mass is 10.1. The number of halogens is 1. The van der Waals surface area contributed by atoms with Gasteiger partial charge in [0.25, 0.3) is 5.91 Å². The van der Waals surface area contributed by atoms with Crippen LogP contribution in [0.2, 0.25) is 5.02 Å². The maximum absolute atomic E-state index is 12.8. The van der Waals surface area contributed by atoms with Crippen molar-refractivity contribution in [3.63, 3.8) is 0 Å². The van der Waals surface area contributed by atoms with Crippen LogP contribution in [0.5, 0.6) is 0 Å². The molecule has 3 amide bonds. The minimum atomic E-state index is -0.631. The summed E-state index contributed by atoms with van der Waals surface area (Å²) in [6.45, 7) is 6.93. The Morgan fingerprint density at radius 1 is 1.36 bits per heavy atom. The molecular weight excluding hydrogens is 346 g/mol. The maximum Gasteiger partial charge on any atom is 0.274 e. The van der Waals surface area contributed by atoms with Crippen molar-refractivity contribution in [2.45, 2.75) is 45.7 Å². The Bertz CT molecular complexity index is 643. The van der Waals surface area contributed by atoms with Gasteiger partial charge in [-0.2, -0.15) is 5.10 Å². The molecule has 2 atom stereocenters. The molecule has 0 spiro atoms. The van der Waals surface area contributed by atoms with Gasteiger partial charge in [-0.15, -0.1) is 0 Å². The zero-order valence-electron chi connectivity index (χ0n) is 14.7. The standard InChI is InChI=1S/C16H24ClN5O3/c1-4-13(23)19-10-7-12(15(24)21(5-2)6-3)22(9-10)16(25)14-11(17)8-18-20-14/h8,10,12H,4-7,9H2,1-3H3,(H,18,20)(H,19,23)/t10-,12+/m1/s1. The van der Waals surface area contributed by atoms with E-state index in [0.29, 0.717) is 25.9 Å². The average molecular weight is 370 g/mol. The summed E-state index contributed by atoms with van der Waals surface area (Å²) in [5, 5.41) is 9.42. The van der Waals surface area contributed by atoms with Crippen molar-refractivity contribution in [3.05, 3.63) is 16.9 Å². The Balaban J connectivity index is 2.25. The highest BCUT2D eigenvalue weighted by Crippen LogP contribution is 2.24. The summed E-state index contributed by atoms with van der Waals surface area (Å²) < 4.78 is 0. The molecule has 2 N–H and O–H groups in total. The van der Waals surface area contributed by atoms with Crippen molar-refractivity contribution >= 4 is 29.3 Å². The molecule has 1 fully saturated rings. The number of aromatic nitrogens is 2. The zero-order valence-corrected chi connectivity index (χ0v) is 15.5. The van der Waals surface area contributed by atoms with Gasteiger partial charge in [-0.1, -0.05) is 18.5 Å². The van der Waals surface area contributed by atoms with Gasteiger partial charge < -0.3 is 15.1 Å². The van der Waals surface area contributed by atoms with Crippen LogP contribution in [0.25, 0.3) is 0 Å². The van der Waals surface area contributed by atoms with E-state index in [1.807, 2.05) is 13.8 Å². The summed E-state index contributed by atoms with van der Waals surface area (Å²) >= 11 is 5.99. The van der Waals surface area contributed by atoms with Gasteiger partial charge in [-0.3, -0.25) is 19.5 Å². The molecule has 0 aromatic carbocycles. The summed E-state index contributed by atoms with van der Waals surface area (Å²) in [6.07, 6.45) is 2.09. The topological polar surface area (TPSA) is 98.4 Å². The highest BCUT2D eigenvalue weighted by Gasteiger charge is 2.42. The summed E-state index contributed by atoms with van der Waals surface area (Å²) in [5.41, 5.74) is 0.154. The first-order valence-corrected chi connectivity index (χ1v) is 8.88. The van der Waals surface area contributed by atoms with Gasteiger partial charge in [0.15, 0.2) is 0 Å². The molecule has 2 rings (SSSR count). The number of hydrogen-bond acceptors (Lipinski definition) is 4. The third-order valence-corrected chi connectivity index (χ3v) is 4.70. The fourth-order valence-electron chi connectivity index (χ4n) is 3.04. The fourth-order valence-corrected chi connectivity index (χ4v) is 3.21. The van der Waals surface area contributed by atoms with E-state index >= 15 is 0 Å². The van der Waals surface area contributed by atoms with Crippen LogP contribution in [-0.4, -0.2) is 69.4 Å². The summed E-state index contributed by atoms with van der Waals surface area (Å²) in [6, 6.07) is -0.892. The lowest BCUT2D eigenvalue weighted by Crippen LogP contribution is -2.47. The highest BCUT2D eigenvalue weighted by molar-refractivity contribution is 6.33. The maximum atomic E-state index is 12.8. The quantitative estimate of drug-likeness (QED) is 0.782. The molecule has 0 unspecified atom stereocenters. The predicted molar refractivity (Wildman–Crippen MR) is 93.2 cm³/mol. The minimum Gasteiger partial charge on any atom is -0.352 e. The van der Waals surface area contributed by atoms with E-state index in [1.165, 1.54) is 11.1 Å². The molecule has 0 aliphatic carbocycles. The van der Waals surface area contributed by atoms with E-state index < -0.39 is 6.04 Å². The number of carbonyl (C=O) groups excluding carboxylic acids is 3. The van der Waals surface area contributed by atoms with Crippen LogP contribution in [0.15, 0.2) is 6.20 Å². The molecule has 1 aromatic rings. The summed E-state index contributed by atoms with van der Waals surface area (Å²) in [4.78, 5) is 40.5. The summed E-state index contributed by atoms with van der Waals surface area (Å²) in [7, 11) is 0. The van der Waals surface area contributed by atoms with Crippen molar-refractivity contribution in [1.29, 1.82) is 0 Å². The number of amides is 3. The number of nitrogens with zero attached hydrogens (tertiary/aromatic N) is 3. The number of carbonyl (C=O) groups is 3. The second-order valence-electron chi connectivity index (χ2n) is 5.93. The van der Waals surface area contributed by atoms with Crippen LogP contribution in [0.4, 0.5) is 0 Å². The molecular formula is C16H24ClN5O3. The number of nitrogens with one attached hydrogen (secondary N) is 2. The minimum absolute atomic E-state index is 0.104. The second-order valence-corrected chi connectivity index (χ2v) is 6.34. The van der Waals surface area contributed by atoms with E-state index in [4.69, 9.17) is 11.6 Å². The smallest absolute Gasteiger partial charge is 0.274 e. The SMILES string of the molecule is CCC(=O)N[C@@H]1C[C@@H](C(=O)N(CC)CC)N(C(=O)c2[nH]ncc2Cl)C1. The third-order valence-electron chi connectivity index (χ3n) is 4.42. The third kappa shape index (κ3) is 4.12. The van der Waals surface area contributed by atoms with Crippen LogP contribution in [0.3, 0.4) is 0 Å². The number of H-pyrrole nitrogens is 1. The molecule has 2 heterocycles.